The summed E-state index contributed by atoms with van der Waals surface area (Å²) in [4.78, 5) is 24.5. The molecule has 1 N–H and O–H groups in total. The zero-order valence-corrected chi connectivity index (χ0v) is 19.0. The van der Waals surface area contributed by atoms with Gasteiger partial charge in [-0.3, -0.25) is 14.3 Å². The van der Waals surface area contributed by atoms with Gasteiger partial charge in [0.2, 0.25) is 0 Å². The van der Waals surface area contributed by atoms with E-state index in [9.17, 15) is 4.79 Å². The number of aromatic amines is 1. The third kappa shape index (κ3) is 3.95. The van der Waals surface area contributed by atoms with Gasteiger partial charge in [-0.25, -0.2) is 4.98 Å². The van der Waals surface area contributed by atoms with Crippen molar-refractivity contribution >= 4 is 22.7 Å². The molecule has 0 bridgehead atoms. The van der Waals surface area contributed by atoms with E-state index in [0.29, 0.717) is 28.7 Å². The first-order valence-corrected chi connectivity index (χ1v) is 12.0. The highest BCUT2D eigenvalue weighted by Crippen LogP contribution is 2.41. The zero-order valence-electron chi connectivity index (χ0n) is 18.2. The molecule has 3 aromatic heterocycles. The summed E-state index contributed by atoms with van der Waals surface area (Å²) in [5, 5.41) is 10.5. The van der Waals surface area contributed by atoms with Crippen molar-refractivity contribution in [3.63, 3.8) is 0 Å². The Bertz CT molecular complexity index is 1280. The number of aromatic nitrogens is 6. The molecule has 0 spiro atoms. The molecule has 1 aromatic carbocycles. The second-order valence-electron chi connectivity index (χ2n) is 8.48. The summed E-state index contributed by atoms with van der Waals surface area (Å²) in [7, 11) is 0. The SMILES string of the molecule is C[C@H](Sc1nnc(-c2cccnc2)n1[C@@H]1CCCC[C@@H]1C)c1nc2ccccc2c(=O)[nH]1. The maximum atomic E-state index is 12.6. The van der Waals surface area contributed by atoms with Crippen LogP contribution < -0.4 is 5.56 Å². The zero-order chi connectivity index (χ0) is 22.1. The minimum atomic E-state index is -0.114. The summed E-state index contributed by atoms with van der Waals surface area (Å²) in [5.74, 6) is 2.04. The summed E-state index contributed by atoms with van der Waals surface area (Å²) >= 11 is 1.59. The number of fused-ring (bicyclic) bond motifs is 1. The molecule has 0 saturated heterocycles. The van der Waals surface area contributed by atoms with E-state index >= 15 is 0 Å². The number of nitrogens with one attached hydrogen (secondary N) is 1. The molecule has 4 aromatic rings. The number of rotatable bonds is 5. The lowest BCUT2D eigenvalue weighted by molar-refractivity contribution is 0.247. The predicted molar refractivity (Wildman–Crippen MR) is 127 cm³/mol. The minimum Gasteiger partial charge on any atom is -0.309 e. The molecule has 3 atom stereocenters. The van der Waals surface area contributed by atoms with Crippen LogP contribution in [0.4, 0.5) is 0 Å². The number of hydrogen-bond donors (Lipinski definition) is 1. The normalized spacial score (nSPS) is 19.8. The second-order valence-corrected chi connectivity index (χ2v) is 9.78. The van der Waals surface area contributed by atoms with Crippen molar-refractivity contribution in [2.24, 2.45) is 5.92 Å². The van der Waals surface area contributed by atoms with Gasteiger partial charge < -0.3 is 4.98 Å². The lowest BCUT2D eigenvalue weighted by Crippen LogP contribution is -2.23. The molecule has 0 radical (unpaired) electrons. The molecule has 32 heavy (non-hydrogen) atoms. The van der Waals surface area contributed by atoms with Gasteiger partial charge >= 0.3 is 0 Å². The van der Waals surface area contributed by atoms with Gasteiger partial charge in [0.25, 0.3) is 5.56 Å². The van der Waals surface area contributed by atoms with Gasteiger partial charge in [-0.15, -0.1) is 10.2 Å². The Kier molecular flexibility index (Phi) is 5.78. The first-order chi connectivity index (χ1) is 15.6. The number of benzene rings is 1. The highest BCUT2D eigenvalue weighted by atomic mass is 32.2. The van der Waals surface area contributed by atoms with E-state index < -0.39 is 0 Å². The highest BCUT2D eigenvalue weighted by molar-refractivity contribution is 7.99. The first-order valence-electron chi connectivity index (χ1n) is 11.1. The fourth-order valence-electron chi connectivity index (χ4n) is 4.54. The molecule has 0 unspecified atom stereocenters. The van der Waals surface area contributed by atoms with Crippen molar-refractivity contribution in [3.05, 3.63) is 65.0 Å². The molecular weight excluding hydrogens is 420 g/mol. The van der Waals surface area contributed by atoms with Crippen LogP contribution in [-0.2, 0) is 0 Å². The third-order valence-corrected chi connectivity index (χ3v) is 7.35. The molecule has 5 rings (SSSR count). The van der Waals surface area contributed by atoms with Gasteiger partial charge in [-0.2, -0.15) is 0 Å². The quantitative estimate of drug-likeness (QED) is 0.425. The molecule has 1 fully saturated rings. The van der Waals surface area contributed by atoms with Crippen LogP contribution >= 0.6 is 11.8 Å². The van der Waals surface area contributed by atoms with Crippen molar-refractivity contribution in [1.82, 2.24) is 29.7 Å². The average Bonchev–Trinajstić information content (AvgIpc) is 3.23. The lowest BCUT2D eigenvalue weighted by atomic mass is 9.85. The Hall–Kier alpha value is -3.00. The fraction of sp³-hybridized carbons (Fsp3) is 0.375. The highest BCUT2D eigenvalue weighted by Gasteiger charge is 2.29. The molecule has 164 valence electrons. The van der Waals surface area contributed by atoms with Crippen molar-refractivity contribution in [2.75, 3.05) is 0 Å². The monoisotopic (exact) mass is 446 g/mol. The Balaban J connectivity index is 1.53. The Morgan fingerprint density at radius 3 is 2.78 bits per heavy atom. The largest absolute Gasteiger partial charge is 0.309 e. The van der Waals surface area contributed by atoms with E-state index in [0.717, 1.165) is 23.0 Å². The van der Waals surface area contributed by atoms with E-state index in [2.05, 4.69) is 31.7 Å². The van der Waals surface area contributed by atoms with Crippen LogP contribution in [0, 0.1) is 5.92 Å². The van der Waals surface area contributed by atoms with E-state index in [-0.39, 0.29) is 10.8 Å². The second kappa shape index (κ2) is 8.86. The molecule has 8 heteroatoms. The molecule has 3 heterocycles. The molecule has 7 nitrogen and oxygen atoms in total. The molecule has 1 aliphatic rings. The van der Waals surface area contributed by atoms with Crippen molar-refractivity contribution in [3.8, 4) is 11.4 Å². The molecule has 1 aliphatic carbocycles. The van der Waals surface area contributed by atoms with Gasteiger partial charge in [0.05, 0.1) is 16.2 Å². The number of pyridine rings is 1. The molecular formula is C24H26N6OS. The Morgan fingerprint density at radius 2 is 1.97 bits per heavy atom. The van der Waals surface area contributed by atoms with Crippen LogP contribution in [0.1, 0.15) is 56.6 Å². The minimum absolute atomic E-state index is 0.0871. The number of H-pyrrole nitrogens is 1. The number of hydrogen-bond acceptors (Lipinski definition) is 6. The van der Waals surface area contributed by atoms with Crippen LogP contribution in [0.5, 0.6) is 0 Å². The van der Waals surface area contributed by atoms with Crippen LogP contribution in [0.3, 0.4) is 0 Å². The standard InChI is InChI=1S/C24H26N6OS/c1-15-8-3-6-12-20(15)30-22(17-9-7-13-25-14-17)28-29-24(30)32-16(2)21-26-19-11-5-4-10-18(19)23(31)27-21/h4-5,7,9-11,13-16,20H,3,6,8,12H2,1-2H3,(H,26,27,31)/t15-,16-,20+/m0/s1. The van der Waals surface area contributed by atoms with E-state index in [1.807, 2.05) is 43.5 Å². The number of para-hydroxylation sites is 1. The topological polar surface area (TPSA) is 89.3 Å². The van der Waals surface area contributed by atoms with Crippen LogP contribution in [-0.4, -0.2) is 29.7 Å². The van der Waals surface area contributed by atoms with Crippen LogP contribution in [0.2, 0.25) is 0 Å². The van der Waals surface area contributed by atoms with Gasteiger partial charge in [0.1, 0.15) is 5.82 Å². The Morgan fingerprint density at radius 1 is 1.12 bits per heavy atom. The number of nitrogens with zero attached hydrogens (tertiary/aromatic N) is 5. The third-order valence-electron chi connectivity index (χ3n) is 6.28. The van der Waals surface area contributed by atoms with Gasteiger partial charge in [-0.1, -0.05) is 43.7 Å². The van der Waals surface area contributed by atoms with Gasteiger partial charge in [0.15, 0.2) is 11.0 Å². The van der Waals surface area contributed by atoms with E-state index in [1.165, 1.54) is 19.3 Å². The molecule has 1 saturated carbocycles. The van der Waals surface area contributed by atoms with Gasteiger partial charge in [0, 0.05) is 24.0 Å². The van der Waals surface area contributed by atoms with E-state index in [4.69, 9.17) is 4.98 Å². The van der Waals surface area contributed by atoms with Crippen LogP contribution in [0.15, 0.2) is 58.7 Å². The summed E-state index contributed by atoms with van der Waals surface area (Å²) in [6, 6.07) is 11.7. The van der Waals surface area contributed by atoms with E-state index in [1.54, 1.807) is 24.0 Å². The maximum absolute atomic E-state index is 12.6. The summed E-state index contributed by atoms with van der Waals surface area (Å²) in [5.41, 5.74) is 1.56. The first kappa shape index (κ1) is 20.9. The molecule has 0 amide bonds. The Labute approximate surface area is 190 Å². The van der Waals surface area contributed by atoms with Crippen LogP contribution in [0.25, 0.3) is 22.3 Å². The van der Waals surface area contributed by atoms with Crippen molar-refractivity contribution in [1.29, 1.82) is 0 Å². The maximum Gasteiger partial charge on any atom is 0.258 e. The molecule has 0 aliphatic heterocycles. The van der Waals surface area contributed by atoms with Crippen molar-refractivity contribution in [2.45, 2.75) is 56.0 Å². The summed E-state index contributed by atoms with van der Waals surface area (Å²) in [6.07, 6.45) is 8.40. The average molecular weight is 447 g/mol. The summed E-state index contributed by atoms with van der Waals surface area (Å²) < 4.78 is 2.29. The van der Waals surface area contributed by atoms with Crippen molar-refractivity contribution < 1.29 is 0 Å². The fourth-order valence-corrected chi connectivity index (χ4v) is 5.50. The van der Waals surface area contributed by atoms with Gasteiger partial charge in [-0.05, 0) is 49.9 Å². The lowest BCUT2D eigenvalue weighted by Gasteiger charge is -2.31. The smallest absolute Gasteiger partial charge is 0.258 e. The predicted octanol–water partition coefficient (Wildman–Crippen LogP) is 5.18. The number of thioether (sulfide) groups is 1. The summed E-state index contributed by atoms with van der Waals surface area (Å²) in [6.45, 7) is 4.36.